The summed E-state index contributed by atoms with van der Waals surface area (Å²) in [7, 11) is 1.59. The van der Waals surface area contributed by atoms with Crippen molar-refractivity contribution in [2.45, 2.75) is 0 Å². The maximum atomic E-state index is 11.5. The molecular formula is C10H8BrN3OS. The summed E-state index contributed by atoms with van der Waals surface area (Å²) in [6, 6.07) is 7.60. The van der Waals surface area contributed by atoms with Crippen LogP contribution in [0.2, 0.25) is 0 Å². The van der Waals surface area contributed by atoms with E-state index in [9.17, 15) is 4.79 Å². The van der Waals surface area contributed by atoms with Crippen molar-refractivity contribution in [3.05, 3.63) is 33.6 Å². The number of nitrogens with one attached hydrogen (secondary N) is 1. The van der Waals surface area contributed by atoms with Crippen LogP contribution < -0.4 is 5.32 Å². The van der Waals surface area contributed by atoms with E-state index in [0.717, 1.165) is 21.6 Å². The van der Waals surface area contributed by atoms with E-state index in [0.29, 0.717) is 10.6 Å². The van der Waals surface area contributed by atoms with Crippen molar-refractivity contribution in [1.29, 1.82) is 0 Å². The van der Waals surface area contributed by atoms with Gasteiger partial charge >= 0.3 is 0 Å². The van der Waals surface area contributed by atoms with Crippen molar-refractivity contribution in [3.8, 4) is 11.3 Å². The standard InChI is InChI=1S/C10H8BrN3OS/c1-12-10(15)9-8(13-14-16-9)6-2-4-7(11)5-3-6/h2-5H,1H3,(H,12,15). The second-order valence-corrected chi connectivity index (χ2v) is 4.71. The molecule has 82 valence electrons. The summed E-state index contributed by atoms with van der Waals surface area (Å²) in [5, 5.41) is 6.55. The number of benzene rings is 1. The minimum atomic E-state index is -0.159. The molecule has 0 radical (unpaired) electrons. The number of halogens is 1. The first-order chi connectivity index (χ1) is 7.72. The summed E-state index contributed by atoms with van der Waals surface area (Å²) in [5.41, 5.74) is 1.51. The molecule has 0 atom stereocenters. The lowest BCUT2D eigenvalue weighted by molar-refractivity contribution is 0.0967. The molecule has 0 spiro atoms. The molecule has 16 heavy (non-hydrogen) atoms. The predicted octanol–water partition coefficient (Wildman–Crippen LogP) is 2.33. The first kappa shape index (κ1) is 11.2. The number of nitrogens with zero attached hydrogens (tertiary/aromatic N) is 2. The smallest absolute Gasteiger partial charge is 0.265 e. The van der Waals surface area contributed by atoms with Crippen LogP contribution in [0.1, 0.15) is 9.67 Å². The minimum Gasteiger partial charge on any atom is -0.354 e. The van der Waals surface area contributed by atoms with Crippen LogP contribution in [0.15, 0.2) is 28.7 Å². The van der Waals surface area contributed by atoms with Crippen LogP contribution in [0.4, 0.5) is 0 Å². The fraction of sp³-hybridized carbons (Fsp3) is 0.100. The Hall–Kier alpha value is -1.27. The summed E-state index contributed by atoms with van der Waals surface area (Å²) in [6.45, 7) is 0. The van der Waals surface area contributed by atoms with Gasteiger partial charge in [-0.2, -0.15) is 0 Å². The van der Waals surface area contributed by atoms with Gasteiger partial charge in [0.25, 0.3) is 5.91 Å². The van der Waals surface area contributed by atoms with Gasteiger partial charge < -0.3 is 5.32 Å². The van der Waals surface area contributed by atoms with E-state index in [4.69, 9.17) is 0 Å². The third-order valence-corrected chi connectivity index (χ3v) is 3.29. The fourth-order valence-electron chi connectivity index (χ4n) is 1.25. The number of rotatable bonds is 2. The van der Waals surface area contributed by atoms with E-state index < -0.39 is 0 Å². The van der Waals surface area contributed by atoms with Crippen molar-refractivity contribution in [1.82, 2.24) is 14.9 Å². The van der Waals surface area contributed by atoms with E-state index in [1.807, 2.05) is 24.3 Å². The largest absolute Gasteiger partial charge is 0.354 e. The van der Waals surface area contributed by atoms with E-state index >= 15 is 0 Å². The van der Waals surface area contributed by atoms with E-state index in [-0.39, 0.29) is 5.91 Å². The van der Waals surface area contributed by atoms with Crippen LogP contribution in [0, 0.1) is 0 Å². The quantitative estimate of drug-likeness (QED) is 0.925. The average molecular weight is 298 g/mol. The highest BCUT2D eigenvalue weighted by atomic mass is 79.9. The molecule has 2 aromatic rings. The second-order valence-electron chi connectivity index (χ2n) is 3.04. The van der Waals surface area contributed by atoms with Crippen molar-refractivity contribution in [3.63, 3.8) is 0 Å². The van der Waals surface area contributed by atoms with Crippen LogP contribution in [-0.4, -0.2) is 22.5 Å². The summed E-state index contributed by atoms with van der Waals surface area (Å²) < 4.78 is 4.80. The zero-order valence-electron chi connectivity index (χ0n) is 8.40. The van der Waals surface area contributed by atoms with Crippen LogP contribution in [-0.2, 0) is 0 Å². The SMILES string of the molecule is CNC(=O)c1snnc1-c1ccc(Br)cc1. The Labute approximate surface area is 105 Å². The normalized spacial score (nSPS) is 10.1. The molecule has 0 fully saturated rings. The molecule has 0 aliphatic heterocycles. The van der Waals surface area contributed by atoms with Crippen molar-refractivity contribution >= 4 is 33.4 Å². The molecule has 1 heterocycles. The van der Waals surface area contributed by atoms with Gasteiger partial charge in [-0.25, -0.2) is 0 Å². The summed E-state index contributed by atoms with van der Waals surface area (Å²) >= 11 is 4.45. The van der Waals surface area contributed by atoms with Gasteiger partial charge in [0.2, 0.25) is 0 Å². The lowest BCUT2D eigenvalue weighted by atomic mass is 10.1. The molecule has 0 unspecified atom stereocenters. The van der Waals surface area contributed by atoms with Gasteiger partial charge in [0.1, 0.15) is 10.6 Å². The van der Waals surface area contributed by atoms with E-state index in [1.54, 1.807) is 7.05 Å². The number of hydrogen-bond acceptors (Lipinski definition) is 4. The zero-order chi connectivity index (χ0) is 11.5. The van der Waals surface area contributed by atoms with Gasteiger partial charge in [-0.1, -0.05) is 32.6 Å². The Morgan fingerprint density at radius 3 is 2.69 bits per heavy atom. The van der Waals surface area contributed by atoms with Gasteiger partial charge in [-0.3, -0.25) is 4.79 Å². The molecule has 0 aliphatic carbocycles. The Morgan fingerprint density at radius 1 is 1.38 bits per heavy atom. The van der Waals surface area contributed by atoms with E-state index in [2.05, 4.69) is 30.8 Å². The molecular weight excluding hydrogens is 290 g/mol. The molecule has 4 nitrogen and oxygen atoms in total. The van der Waals surface area contributed by atoms with Crippen LogP contribution >= 0.6 is 27.5 Å². The lowest BCUT2D eigenvalue weighted by Gasteiger charge is -2.00. The first-order valence-corrected chi connectivity index (χ1v) is 6.09. The number of amides is 1. The molecule has 1 amide bonds. The fourth-order valence-corrected chi connectivity index (χ4v) is 2.15. The Kier molecular flexibility index (Phi) is 3.31. The highest BCUT2D eigenvalue weighted by Gasteiger charge is 2.16. The first-order valence-electron chi connectivity index (χ1n) is 4.52. The Morgan fingerprint density at radius 2 is 2.06 bits per heavy atom. The minimum absolute atomic E-state index is 0.159. The Balaban J connectivity index is 2.44. The van der Waals surface area contributed by atoms with Gasteiger partial charge in [0.15, 0.2) is 0 Å². The van der Waals surface area contributed by atoms with Crippen molar-refractivity contribution in [2.75, 3.05) is 7.05 Å². The van der Waals surface area contributed by atoms with E-state index in [1.165, 1.54) is 0 Å². The Bertz CT molecular complexity index is 509. The maximum absolute atomic E-state index is 11.5. The van der Waals surface area contributed by atoms with Gasteiger partial charge in [-0.15, -0.1) is 5.10 Å². The van der Waals surface area contributed by atoms with Crippen LogP contribution in [0.25, 0.3) is 11.3 Å². The van der Waals surface area contributed by atoms with Gasteiger partial charge in [0, 0.05) is 17.1 Å². The maximum Gasteiger partial charge on any atom is 0.265 e. The third-order valence-electron chi connectivity index (χ3n) is 2.04. The molecule has 0 saturated heterocycles. The number of carbonyl (C=O) groups excluding carboxylic acids is 1. The van der Waals surface area contributed by atoms with Gasteiger partial charge in [-0.05, 0) is 23.7 Å². The molecule has 1 N–H and O–H groups in total. The topological polar surface area (TPSA) is 54.9 Å². The summed E-state index contributed by atoms with van der Waals surface area (Å²) in [4.78, 5) is 12.1. The van der Waals surface area contributed by atoms with Crippen molar-refractivity contribution in [2.24, 2.45) is 0 Å². The lowest BCUT2D eigenvalue weighted by Crippen LogP contribution is -2.17. The average Bonchev–Trinajstić information content (AvgIpc) is 2.78. The molecule has 0 saturated carbocycles. The monoisotopic (exact) mass is 297 g/mol. The van der Waals surface area contributed by atoms with Gasteiger partial charge in [0.05, 0.1) is 0 Å². The highest BCUT2D eigenvalue weighted by molar-refractivity contribution is 9.10. The third kappa shape index (κ3) is 2.12. The number of carbonyl (C=O) groups is 1. The predicted molar refractivity (Wildman–Crippen MR) is 66.4 cm³/mol. The van der Waals surface area contributed by atoms with Crippen LogP contribution in [0.5, 0.6) is 0 Å². The molecule has 1 aromatic heterocycles. The highest BCUT2D eigenvalue weighted by Crippen LogP contribution is 2.25. The van der Waals surface area contributed by atoms with Crippen molar-refractivity contribution < 1.29 is 4.79 Å². The second kappa shape index (κ2) is 4.71. The van der Waals surface area contributed by atoms with Crippen LogP contribution in [0.3, 0.4) is 0 Å². The molecule has 2 rings (SSSR count). The zero-order valence-corrected chi connectivity index (χ0v) is 10.8. The molecule has 1 aromatic carbocycles. The summed E-state index contributed by atoms with van der Waals surface area (Å²) in [6.07, 6.45) is 0. The molecule has 0 aliphatic rings. The number of hydrogen-bond donors (Lipinski definition) is 1. The summed E-state index contributed by atoms with van der Waals surface area (Å²) in [5.74, 6) is -0.159. The molecule has 6 heteroatoms. The molecule has 0 bridgehead atoms. The number of aromatic nitrogens is 2.